The largest absolute Gasteiger partial charge is 0.435 e. The molecule has 1 aliphatic carbocycles. The van der Waals surface area contributed by atoms with Crippen molar-refractivity contribution in [3.05, 3.63) is 63.5 Å². The highest BCUT2D eigenvalue weighted by Gasteiger charge is 2.38. The van der Waals surface area contributed by atoms with Crippen molar-refractivity contribution in [2.45, 2.75) is 56.4 Å². The SMILES string of the molecule is N#CCc1[nH]nc(C(F)(F)F)c1Cc1cnc(C(=O)Nc2ccc(C(=O)NC3CC(NC(=O)N4CC[C@@H](N)C4)C3)c(Cl)c2)[nH]1. The molecule has 2 aromatic heterocycles. The minimum atomic E-state index is -4.73. The number of carbonyl (C=O) groups is 3. The summed E-state index contributed by atoms with van der Waals surface area (Å²) < 4.78 is 40.1. The number of hydrogen-bond donors (Lipinski definition) is 6. The van der Waals surface area contributed by atoms with Gasteiger partial charge in [-0.3, -0.25) is 14.7 Å². The Bertz CT molecular complexity index is 1610. The van der Waals surface area contributed by atoms with Crippen LogP contribution < -0.4 is 21.7 Å². The predicted molar refractivity (Wildman–Crippen MR) is 151 cm³/mol. The topological polar surface area (TPSA) is 198 Å². The summed E-state index contributed by atoms with van der Waals surface area (Å²) in [5, 5.41) is 23.0. The molecule has 3 heterocycles. The molecule has 1 saturated carbocycles. The number of nitrogens with two attached hydrogens (primary N) is 1. The second kappa shape index (κ2) is 12.5. The van der Waals surface area contributed by atoms with E-state index in [-0.39, 0.29) is 76.0 Å². The number of nitriles is 1. The zero-order valence-corrected chi connectivity index (χ0v) is 23.8. The number of carbonyl (C=O) groups excluding carboxylic acids is 3. The van der Waals surface area contributed by atoms with Crippen LogP contribution in [-0.4, -0.2) is 74.1 Å². The maximum atomic E-state index is 13.4. The van der Waals surface area contributed by atoms with E-state index in [1.54, 1.807) is 11.0 Å². The van der Waals surface area contributed by atoms with Gasteiger partial charge in [0.1, 0.15) is 0 Å². The van der Waals surface area contributed by atoms with E-state index in [1.165, 1.54) is 24.4 Å². The number of likely N-dealkylation sites (tertiary alicyclic amines) is 1. The summed E-state index contributed by atoms with van der Waals surface area (Å²) in [5.74, 6) is -1.27. The van der Waals surface area contributed by atoms with Gasteiger partial charge in [0, 0.05) is 60.8 Å². The number of amides is 4. The van der Waals surface area contributed by atoms with Gasteiger partial charge in [0.15, 0.2) is 11.5 Å². The monoisotopic (exact) mass is 632 g/mol. The van der Waals surface area contributed by atoms with Gasteiger partial charge >= 0.3 is 12.2 Å². The van der Waals surface area contributed by atoms with Crippen molar-refractivity contribution in [2.24, 2.45) is 5.73 Å². The molecule has 1 aromatic carbocycles. The maximum absolute atomic E-state index is 13.4. The molecular formula is C27H28ClF3N10O3. The van der Waals surface area contributed by atoms with Gasteiger partial charge in [0.05, 0.1) is 28.8 Å². The molecule has 44 heavy (non-hydrogen) atoms. The number of rotatable bonds is 8. The number of aromatic nitrogens is 4. The highest BCUT2D eigenvalue weighted by atomic mass is 35.5. The fourth-order valence-corrected chi connectivity index (χ4v) is 5.39. The van der Waals surface area contributed by atoms with Crippen molar-refractivity contribution in [1.82, 2.24) is 35.7 Å². The van der Waals surface area contributed by atoms with E-state index in [0.717, 1.165) is 6.42 Å². The number of aromatic amines is 2. The van der Waals surface area contributed by atoms with Crippen LogP contribution in [-0.2, 0) is 19.0 Å². The Morgan fingerprint density at radius 3 is 2.59 bits per heavy atom. The van der Waals surface area contributed by atoms with Crippen molar-refractivity contribution in [2.75, 3.05) is 18.4 Å². The Morgan fingerprint density at radius 1 is 1.18 bits per heavy atom. The fraction of sp³-hybridized carbons (Fsp3) is 0.407. The van der Waals surface area contributed by atoms with Gasteiger partial charge in [0.25, 0.3) is 11.8 Å². The van der Waals surface area contributed by atoms with E-state index in [4.69, 9.17) is 22.6 Å². The van der Waals surface area contributed by atoms with Crippen molar-refractivity contribution in [3.63, 3.8) is 0 Å². The van der Waals surface area contributed by atoms with Gasteiger partial charge < -0.3 is 31.6 Å². The number of anilines is 1. The number of benzene rings is 1. The lowest BCUT2D eigenvalue weighted by Gasteiger charge is -2.37. The minimum Gasteiger partial charge on any atom is -0.349 e. The molecular weight excluding hydrogens is 605 g/mol. The number of nitrogens with one attached hydrogen (secondary N) is 5. The van der Waals surface area contributed by atoms with E-state index in [0.29, 0.717) is 25.9 Å². The Kier molecular flexibility index (Phi) is 8.79. The van der Waals surface area contributed by atoms with Crippen molar-refractivity contribution >= 4 is 35.1 Å². The third-order valence-electron chi connectivity index (χ3n) is 7.47. The van der Waals surface area contributed by atoms with Gasteiger partial charge in [-0.05, 0) is 37.5 Å². The molecule has 0 unspecified atom stereocenters. The Morgan fingerprint density at radius 2 is 1.93 bits per heavy atom. The van der Waals surface area contributed by atoms with E-state index >= 15 is 0 Å². The summed E-state index contributed by atoms with van der Waals surface area (Å²) in [6.45, 7) is 1.15. The van der Waals surface area contributed by atoms with Crippen LogP contribution in [0.5, 0.6) is 0 Å². The van der Waals surface area contributed by atoms with Gasteiger partial charge in [-0.25, -0.2) is 9.78 Å². The Hall–Kier alpha value is -4.62. The van der Waals surface area contributed by atoms with Gasteiger partial charge in [0.2, 0.25) is 0 Å². The molecule has 0 bridgehead atoms. The first kappa shape index (κ1) is 30.8. The molecule has 232 valence electrons. The molecule has 13 nitrogen and oxygen atoms in total. The van der Waals surface area contributed by atoms with Crippen LogP contribution in [0.3, 0.4) is 0 Å². The normalized spacial score (nSPS) is 19.6. The van der Waals surface area contributed by atoms with Gasteiger partial charge in [-0.1, -0.05) is 11.6 Å². The quantitative estimate of drug-likeness (QED) is 0.219. The standard InChI is InChI=1S/C27H28ClF3N10O3/c28-20-10-14(1-2-18(20)24(42)37-15-7-16(8-15)38-26(44)41-6-4-13(33)12-41)36-25(43)23-34-11-17(35-23)9-19-21(3-5-32)39-40-22(19)27(29,30)31/h1-2,10-11,13,15-16H,3-4,6-9,12,33H2,(H,34,35)(H,36,43)(H,37,42)(H,38,44)(H,39,40)/t13-,15?,16?/m1/s1. The lowest BCUT2D eigenvalue weighted by molar-refractivity contribution is -0.141. The highest BCUT2D eigenvalue weighted by molar-refractivity contribution is 6.34. The molecule has 1 aliphatic heterocycles. The third kappa shape index (κ3) is 6.95. The molecule has 0 spiro atoms. The van der Waals surface area contributed by atoms with E-state index in [9.17, 15) is 27.6 Å². The zero-order valence-electron chi connectivity index (χ0n) is 23.1. The average molecular weight is 633 g/mol. The summed E-state index contributed by atoms with van der Waals surface area (Å²) in [6, 6.07) is 5.76. The van der Waals surface area contributed by atoms with Gasteiger partial charge in [-0.2, -0.15) is 23.5 Å². The van der Waals surface area contributed by atoms with Crippen molar-refractivity contribution in [3.8, 4) is 6.07 Å². The molecule has 2 aliphatic rings. The molecule has 7 N–H and O–H groups in total. The summed E-state index contributed by atoms with van der Waals surface area (Å²) in [5.41, 5.74) is 5.15. The van der Waals surface area contributed by atoms with E-state index < -0.39 is 23.7 Å². The number of hydrogen-bond acceptors (Lipinski definition) is 7. The summed E-state index contributed by atoms with van der Waals surface area (Å²) in [6.07, 6.45) is -2.18. The highest BCUT2D eigenvalue weighted by Crippen LogP contribution is 2.33. The molecule has 3 aromatic rings. The number of nitrogens with zero attached hydrogens (tertiary/aromatic N) is 4. The second-order valence-corrected chi connectivity index (χ2v) is 11.1. The van der Waals surface area contributed by atoms with Crippen LogP contribution in [0.25, 0.3) is 0 Å². The molecule has 5 rings (SSSR count). The lowest BCUT2D eigenvalue weighted by atomic mass is 9.86. The van der Waals surface area contributed by atoms with E-state index in [2.05, 4.69) is 36.1 Å². The summed E-state index contributed by atoms with van der Waals surface area (Å²) in [7, 11) is 0. The van der Waals surface area contributed by atoms with Crippen molar-refractivity contribution < 1.29 is 27.6 Å². The van der Waals surface area contributed by atoms with Crippen LogP contribution in [0.2, 0.25) is 5.02 Å². The Labute approximate surface area is 253 Å². The van der Waals surface area contributed by atoms with Crippen LogP contribution in [0.15, 0.2) is 24.4 Å². The molecule has 17 heteroatoms. The maximum Gasteiger partial charge on any atom is 0.435 e. The smallest absolute Gasteiger partial charge is 0.349 e. The minimum absolute atomic E-state index is 0.00156. The number of halogens is 4. The first-order chi connectivity index (χ1) is 20.9. The lowest BCUT2D eigenvalue weighted by Crippen LogP contribution is -2.56. The predicted octanol–water partition coefficient (Wildman–Crippen LogP) is 2.72. The molecule has 0 radical (unpaired) electrons. The molecule has 1 saturated heterocycles. The van der Waals surface area contributed by atoms with Gasteiger partial charge in [-0.15, -0.1) is 0 Å². The molecule has 2 fully saturated rings. The zero-order chi connectivity index (χ0) is 31.6. The first-order valence-corrected chi connectivity index (χ1v) is 14.1. The number of imidazole rings is 1. The summed E-state index contributed by atoms with van der Waals surface area (Å²) >= 11 is 6.32. The van der Waals surface area contributed by atoms with E-state index in [1.807, 2.05) is 0 Å². The number of alkyl halides is 3. The third-order valence-corrected chi connectivity index (χ3v) is 7.78. The summed E-state index contributed by atoms with van der Waals surface area (Å²) in [4.78, 5) is 46.1. The van der Waals surface area contributed by atoms with Crippen LogP contribution in [0.4, 0.5) is 23.7 Å². The van der Waals surface area contributed by atoms with Crippen LogP contribution in [0.1, 0.15) is 62.9 Å². The fourth-order valence-electron chi connectivity index (χ4n) is 5.13. The average Bonchev–Trinajstić information content (AvgIpc) is 3.68. The van der Waals surface area contributed by atoms with Crippen molar-refractivity contribution in [1.29, 1.82) is 5.26 Å². The first-order valence-electron chi connectivity index (χ1n) is 13.7. The second-order valence-electron chi connectivity index (χ2n) is 10.7. The number of H-pyrrole nitrogens is 2. The molecule has 1 atom stereocenters. The number of urea groups is 1. The van der Waals surface area contributed by atoms with Crippen LogP contribution >= 0.6 is 11.6 Å². The Balaban J connectivity index is 1.14. The van der Waals surface area contributed by atoms with Crippen LogP contribution in [0, 0.1) is 11.3 Å². The molecule has 4 amide bonds.